The number of imidazole rings is 1. The smallest absolute Gasteiger partial charge is 0.194 e. The molecule has 0 saturated heterocycles. The van der Waals surface area contributed by atoms with Crippen molar-refractivity contribution in [3.8, 4) is 0 Å². The van der Waals surface area contributed by atoms with Crippen molar-refractivity contribution in [1.82, 2.24) is 14.7 Å². The van der Waals surface area contributed by atoms with Crippen LogP contribution in [-0.4, -0.2) is 22.0 Å². The molecular weight excluding hydrogens is 254 g/mol. The number of thiazole rings is 1. The molecule has 0 radical (unpaired) electrons. The molecule has 4 heteroatoms. The molecule has 3 rings (SSSR count). The molecule has 0 unspecified atom stereocenters. The van der Waals surface area contributed by atoms with Crippen LogP contribution in [0.25, 0.3) is 11.0 Å². The zero-order valence-electron chi connectivity index (χ0n) is 11.8. The minimum atomic E-state index is 0.565. The summed E-state index contributed by atoms with van der Waals surface area (Å²) in [7, 11) is 0. The van der Waals surface area contributed by atoms with Crippen LogP contribution in [0, 0.1) is 12.8 Å². The van der Waals surface area contributed by atoms with Gasteiger partial charge in [-0.05, 0) is 31.8 Å². The van der Waals surface area contributed by atoms with Gasteiger partial charge >= 0.3 is 0 Å². The molecule has 0 aliphatic heterocycles. The van der Waals surface area contributed by atoms with E-state index in [1.165, 1.54) is 24.1 Å². The van der Waals surface area contributed by atoms with Gasteiger partial charge in [0, 0.05) is 24.2 Å². The van der Waals surface area contributed by atoms with Crippen molar-refractivity contribution in [2.75, 3.05) is 6.54 Å². The molecule has 1 N–H and O–H groups in total. The van der Waals surface area contributed by atoms with Gasteiger partial charge in [0.1, 0.15) is 0 Å². The van der Waals surface area contributed by atoms with Gasteiger partial charge < -0.3 is 5.32 Å². The first kappa shape index (κ1) is 12.9. The van der Waals surface area contributed by atoms with Gasteiger partial charge in [0.25, 0.3) is 0 Å². The van der Waals surface area contributed by atoms with Crippen LogP contribution in [0.15, 0.2) is 17.2 Å². The molecule has 19 heavy (non-hydrogen) atoms. The van der Waals surface area contributed by atoms with Crippen LogP contribution < -0.4 is 5.32 Å². The lowest BCUT2D eigenvalue weighted by Gasteiger charge is -2.12. The van der Waals surface area contributed by atoms with Crippen LogP contribution in [0.4, 0.5) is 0 Å². The van der Waals surface area contributed by atoms with Crippen LogP contribution in [0.3, 0.4) is 0 Å². The normalized spacial score (nSPS) is 16.7. The van der Waals surface area contributed by atoms with E-state index >= 15 is 0 Å². The summed E-state index contributed by atoms with van der Waals surface area (Å²) in [6, 6.07) is 0.759. The van der Waals surface area contributed by atoms with Gasteiger partial charge in [-0.15, -0.1) is 11.3 Å². The van der Waals surface area contributed by atoms with E-state index in [0.29, 0.717) is 5.92 Å². The highest BCUT2D eigenvalue weighted by Gasteiger charge is 2.21. The Bertz CT molecular complexity index is 602. The highest BCUT2D eigenvalue weighted by Crippen LogP contribution is 2.23. The summed E-state index contributed by atoms with van der Waals surface area (Å²) in [5.74, 6) is 0.565. The predicted molar refractivity (Wildman–Crippen MR) is 81.6 cm³/mol. The summed E-state index contributed by atoms with van der Waals surface area (Å²) in [6.45, 7) is 7.63. The Kier molecular flexibility index (Phi) is 3.46. The van der Waals surface area contributed by atoms with Gasteiger partial charge in [-0.3, -0.25) is 4.40 Å². The zero-order valence-corrected chi connectivity index (χ0v) is 12.6. The lowest BCUT2D eigenvalue weighted by Crippen LogP contribution is -2.21. The number of rotatable bonds is 5. The van der Waals surface area contributed by atoms with Crippen molar-refractivity contribution in [2.24, 2.45) is 5.92 Å². The van der Waals surface area contributed by atoms with Gasteiger partial charge in [-0.2, -0.15) is 0 Å². The van der Waals surface area contributed by atoms with Gasteiger partial charge in [0.2, 0.25) is 0 Å². The fraction of sp³-hybridized carbons (Fsp3) is 0.533. The first-order valence-electron chi connectivity index (χ1n) is 7.01. The SMILES string of the molecule is Cc1nc2sccn2c1C=C(CNC1CC1)C(C)C. The van der Waals surface area contributed by atoms with Crippen molar-refractivity contribution in [1.29, 1.82) is 0 Å². The highest BCUT2D eigenvalue weighted by molar-refractivity contribution is 7.15. The van der Waals surface area contributed by atoms with E-state index in [-0.39, 0.29) is 0 Å². The molecule has 0 amide bonds. The summed E-state index contributed by atoms with van der Waals surface area (Å²) in [4.78, 5) is 5.69. The molecule has 0 atom stereocenters. The Morgan fingerprint density at radius 1 is 1.58 bits per heavy atom. The number of nitrogens with one attached hydrogen (secondary N) is 1. The molecule has 1 aliphatic rings. The molecule has 2 aromatic rings. The first-order valence-corrected chi connectivity index (χ1v) is 7.89. The van der Waals surface area contributed by atoms with Crippen molar-refractivity contribution in [3.05, 3.63) is 28.5 Å². The fourth-order valence-electron chi connectivity index (χ4n) is 2.23. The largest absolute Gasteiger partial charge is 0.310 e. The Balaban J connectivity index is 1.90. The Hall–Kier alpha value is -1.13. The molecule has 1 aliphatic carbocycles. The van der Waals surface area contributed by atoms with Gasteiger partial charge in [0.05, 0.1) is 11.4 Å². The summed E-state index contributed by atoms with van der Waals surface area (Å²) >= 11 is 1.69. The molecule has 1 saturated carbocycles. The third kappa shape index (κ3) is 2.74. The monoisotopic (exact) mass is 275 g/mol. The van der Waals surface area contributed by atoms with E-state index < -0.39 is 0 Å². The topological polar surface area (TPSA) is 29.3 Å². The minimum absolute atomic E-state index is 0.565. The summed E-state index contributed by atoms with van der Waals surface area (Å²) in [5.41, 5.74) is 3.82. The van der Waals surface area contributed by atoms with E-state index in [0.717, 1.165) is 23.2 Å². The molecule has 0 aromatic carbocycles. The fourth-order valence-corrected chi connectivity index (χ4v) is 3.00. The second-order valence-electron chi connectivity index (χ2n) is 5.67. The molecule has 102 valence electrons. The maximum atomic E-state index is 4.61. The molecule has 2 heterocycles. The van der Waals surface area contributed by atoms with Crippen LogP contribution >= 0.6 is 11.3 Å². The van der Waals surface area contributed by atoms with Crippen LogP contribution in [0.2, 0.25) is 0 Å². The van der Waals surface area contributed by atoms with E-state index in [2.05, 4.69) is 53.1 Å². The number of hydrogen-bond donors (Lipinski definition) is 1. The lowest BCUT2D eigenvalue weighted by atomic mass is 10.0. The minimum Gasteiger partial charge on any atom is -0.310 e. The standard InChI is InChI=1S/C15H21N3S/c1-10(2)12(9-16-13-4-5-13)8-14-11(3)17-15-18(14)6-7-19-15/h6-8,10,13,16H,4-5,9H2,1-3H3. The number of fused-ring (bicyclic) bond motifs is 1. The average molecular weight is 275 g/mol. The number of aryl methyl sites for hydroxylation is 1. The molecule has 0 bridgehead atoms. The summed E-state index contributed by atoms with van der Waals surface area (Å²) < 4.78 is 2.19. The van der Waals surface area contributed by atoms with E-state index in [9.17, 15) is 0 Å². The predicted octanol–water partition coefficient (Wildman–Crippen LogP) is 3.50. The molecule has 1 fully saturated rings. The number of nitrogens with zero attached hydrogens (tertiary/aromatic N) is 2. The van der Waals surface area contributed by atoms with Gasteiger partial charge in [-0.25, -0.2) is 4.98 Å². The van der Waals surface area contributed by atoms with Crippen molar-refractivity contribution < 1.29 is 0 Å². The first-order chi connectivity index (χ1) is 9.15. The molecular formula is C15H21N3S. The van der Waals surface area contributed by atoms with E-state index in [1.807, 2.05) is 0 Å². The van der Waals surface area contributed by atoms with Crippen LogP contribution in [0.5, 0.6) is 0 Å². The van der Waals surface area contributed by atoms with E-state index in [1.54, 1.807) is 11.3 Å². The molecule has 3 nitrogen and oxygen atoms in total. The van der Waals surface area contributed by atoms with E-state index in [4.69, 9.17) is 0 Å². The lowest BCUT2D eigenvalue weighted by molar-refractivity contribution is 0.662. The van der Waals surface area contributed by atoms with Crippen LogP contribution in [-0.2, 0) is 0 Å². The van der Waals surface area contributed by atoms with Crippen LogP contribution in [0.1, 0.15) is 38.1 Å². The summed E-state index contributed by atoms with van der Waals surface area (Å²) in [5, 5.41) is 5.71. The molecule has 2 aromatic heterocycles. The summed E-state index contributed by atoms with van der Waals surface area (Å²) in [6.07, 6.45) is 7.11. The third-order valence-corrected chi connectivity index (χ3v) is 4.48. The Morgan fingerprint density at radius 2 is 2.37 bits per heavy atom. The third-order valence-electron chi connectivity index (χ3n) is 3.72. The maximum absolute atomic E-state index is 4.61. The zero-order chi connectivity index (χ0) is 13.4. The van der Waals surface area contributed by atoms with Gasteiger partial charge in [0.15, 0.2) is 4.96 Å². The number of aromatic nitrogens is 2. The van der Waals surface area contributed by atoms with Crippen molar-refractivity contribution >= 4 is 22.4 Å². The second-order valence-corrected chi connectivity index (χ2v) is 6.54. The maximum Gasteiger partial charge on any atom is 0.194 e. The van der Waals surface area contributed by atoms with Crippen molar-refractivity contribution in [2.45, 2.75) is 39.7 Å². The average Bonchev–Trinajstić information content (AvgIpc) is 3.00. The second kappa shape index (κ2) is 5.10. The van der Waals surface area contributed by atoms with Crippen molar-refractivity contribution in [3.63, 3.8) is 0 Å². The highest BCUT2D eigenvalue weighted by atomic mass is 32.1. The number of hydrogen-bond acceptors (Lipinski definition) is 3. The Labute approximate surface area is 118 Å². The molecule has 0 spiro atoms. The quantitative estimate of drug-likeness (QED) is 0.905. The Morgan fingerprint density at radius 3 is 3.05 bits per heavy atom. The van der Waals surface area contributed by atoms with Gasteiger partial charge in [-0.1, -0.05) is 19.4 Å².